The molecule has 1 aliphatic heterocycles. The zero-order valence-corrected chi connectivity index (χ0v) is 20.2. The molecule has 0 spiro atoms. The van der Waals surface area contributed by atoms with Crippen LogP contribution in [0.3, 0.4) is 0 Å². The maximum atomic E-state index is 12.8. The first-order valence-electron chi connectivity index (χ1n) is 9.85. The van der Waals surface area contributed by atoms with E-state index < -0.39 is 17.8 Å². The van der Waals surface area contributed by atoms with Crippen LogP contribution in [0.1, 0.15) is 29.8 Å². The highest BCUT2D eigenvalue weighted by molar-refractivity contribution is 9.10. The number of likely N-dealkylation sites (N-methyl/N-ethyl adjacent to an activating group) is 2. The molecular weight excluding hydrogens is 496 g/mol. The summed E-state index contributed by atoms with van der Waals surface area (Å²) in [4.78, 5) is 40.9. The molecule has 1 heterocycles. The summed E-state index contributed by atoms with van der Waals surface area (Å²) in [5.41, 5.74) is 0.922. The van der Waals surface area contributed by atoms with E-state index in [9.17, 15) is 14.4 Å². The minimum absolute atomic E-state index is 0.00299. The van der Waals surface area contributed by atoms with Gasteiger partial charge in [0.15, 0.2) is 16.6 Å². The van der Waals surface area contributed by atoms with Crippen LogP contribution in [0.15, 0.2) is 52.5 Å². The molecule has 0 unspecified atom stereocenters. The molecule has 1 saturated heterocycles. The van der Waals surface area contributed by atoms with Gasteiger partial charge in [0.1, 0.15) is 5.57 Å². The van der Waals surface area contributed by atoms with Crippen molar-refractivity contribution in [2.24, 2.45) is 0 Å². The van der Waals surface area contributed by atoms with Crippen molar-refractivity contribution in [2.45, 2.75) is 13.8 Å². The smallest absolute Gasteiger partial charge is 0.343 e. The van der Waals surface area contributed by atoms with Crippen molar-refractivity contribution in [3.8, 4) is 11.5 Å². The maximum absolute atomic E-state index is 12.8. The number of thiocarbonyl (C=S) groups is 1. The summed E-state index contributed by atoms with van der Waals surface area (Å²) in [5, 5.41) is 0.203. The van der Waals surface area contributed by atoms with Crippen molar-refractivity contribution in [1.82, 2.24) is 9.80 Å². The number of benzene rings is 2. The summed E-state index contributed by atoms with van der Waals surface area (Å²) in [6, 6.07) is 11.6. The molecule has 2 aromatic carbocycles. The van der Waals surface area contributed by atoms with Crippen LogP contribution < -0.4 is 9.47 Å². The van der Waals surface area contributed by atoms with Gasteiger partial charge in [0.25, 0.3) is 11.8 Å². The monoisotopic (exact) mass is 516 g/mol. The number of rotatable bonds is 6. The number of hydrogen-bond acceptors (Lipinski definition) is 6. The Morgan fingerprint density at radius 1 is 1.03 bits per heavy atom. The third-order valence-corrected chi connectivity index (χ3v) is 5.74. The molecule has 0 atom stereocenters. The average Bonchev–Trinajstić information content (AvgIpc) is 2.78. The van der Waals surface area contributed by atoms with Crippen LogP contribution in [0.4, 0.5) is 0 Å². The zero-order valence-electron chi connectivity index (χ0n) is 17.8. The van der Waals surface area contributed by atoms with E-state index in [2.05, 4.69) is 15.9 Å². The Kier molecular flexibility index (Phi) is 7.42. The molecule has 3 rings (SSSR count). The summed E-state index contributed by atoms with van der Waals surface area (Å²) < 4.78 is 11.6. The predicted molar refractivity (Wildman–Crippen MR) is 127 cm³/mol. The molecule has 0 N–H and O–H groups in total. The van der Waals surface area contributed by atoms with Gasteiger partial charge in [-0.2, -0.15) is 0 Å². The van der Waals surface area contributed by atoms with Crippen LogP contribution in [0.2, 0.25) is 0 Å². The van der Waals surface area contributed by atoms with Crippen molar-refractivity contribution < 1.29 is 23.9 Å². The van der Waals surface area contributed by atoms with E-state index in [0.717, 1.165) is 4.47 Å². The third kappa shape index (κ3) is 4.73. The minimum Gasteiger partial charge on any atom is -0.493 e. The van der Waals surface area contributed by atoms with Gasteiger partial charge in [-0.25, -0.2) is 4.79 Å². The third-order valence-electron chi connectivity index (χ3n) is 4.81. The second-order valence-corrected chi connectivity index (χ2v) is 8.03. The summed E-state index contributed by atoms with van der Waals surface area (Å²) >= 11 is 8.60. The number of halogens is 1. The lowest BCUT2D eigenvalue weighted by molar-refractivity contribution is -0.133. The van der Waals surface area contributed by atoms with Crippen molar-refractivity contribution in [3.05, 3.63) is 63.6 Å². The number of hydrogen-bond donors (Lipinski definition) is 0. The summed E-state index contributed by atoms with van der Waals surface area (Å²) in [7, 11) is 1.44. The Balaban J connectivity index is 1.91. The van der Waals surface area contributed by atoms with Gasteiger partial charge in [-0.1, -0.05) is 28.1 Å². The number of carbonyl (C=O) groups is 3. The van der Waals surface area contributed by atoms with Gasteiger partial charge in [0.05, 0.1) is 12.7 Å². The number of methoxy groups -OCH3 is 1. The number of amides is 2. The second kappa shape index (κ2) is 10.1. The lowest BCUT2D eigenvalue weighted by atomic mass is 10.1. The summed E-state index contributed by atoms with van der Waals surface area (Å²) in [6.45, 7) is 4.30. The van der Waals surface area contributed by atoms with E-state index in [4.69, 9.17) is 21.7 Å². The molecule has 1 fully saturated rings. The van der Waals surface area contributed by atoms with Crippen LogP contribution in [0.5, 0.6) is 11.5 Å². The Labute approximate surface area is 199 Å². The number of ether oxygens (including phenoxy) is 2. The van der Waals surface area contributed by atoms with Crippen LogP contribution in [0, 0.1) is 0 Å². The number of nitrogens with zero attached hydrogens (tertiary/aromatic N) is 2. The largest absolute Gasteiger partial charge is 0.493 e. The fourth-order valence-corrected chi connectivity index (χ4v) is 4.01. The van der Waals surface area contributed by atoms with Crippen LogP contribution in [0.25, 0.3) is 6.08 Å². The molecule has 2 amide bonds. The average molecular weight is 517 g/mol. The SMILES string of the molecule is CCN1C(=O)C(=Cc2ccc(OC(=O)c3cccc(Br)c3)c(OC)c2)C(=O)N(CC)C1=S. The Morgan fingerprint density at radius 3 is 2.25 bits per heavy atom. The van der Waals surface area contributed by atoms with Crippen molar-refractivity contribution in [3.63, 3.8) is 0 Å². The Hall–Kier alpha value is -3.04. The lowest BCUT2D eigenvalue weighted by Crippen LogP contribution is -2.55. The molecule has 0 radical (unpaired) electrons. The molecule has 166 valence electrons. The van der Waals surface area contributed by atoms with Crippen molar-refractivity contribution in [2.75, 3.05) is 20.2 Å². The van der Waals surface area contributed by atoms with Crippen molar-refractivity contribution >= 4 is 57.1 Å². The number of esters is 1. The van der Waals surface area contributed by atoms with Gasteiger partial charge >= 0.3 is 5.97 Å². The fraction of sp³-hybridized carbons (Fsp3) is 0.217. The highest BCUT2D eigenvalue weighted by Crippen LogP contribution is 2.31. The minimum atomic E-state index is -0.543. The normalized spacial score (nSPS) is 14.0. The molecular formula is C23H21BrN2O5S. The van der Waals surface area contributed by atoms with Crippen LogP contribution >= 0.6 is 28.1 Å². The number of carbonyl (C=O) groups excluding carboxylic acids is 3. The standard InChI is InChI=1S/C23H21BrN2O5S/c1-4-25-20(27)17(21(28)26(5-2)23(25)32)11-14-9-10-18(19(12-14)30-3)31-22(29)15-7-6-8-16(24)13-15/h6-13H,4-5H2,1-3H3. The highest BCUT2D eigenvalue weighted by atomic mass is 79.9. The first kappa shape index (κ1) is 23.6. The van der Waals surface area contributed by atoms with Crippen LogP contribution in [-0.2, 0) is 9.59 Å². The van der Waals surface area contributed by atoms with Gasteiger partial charge in [-0.05, 0) is 68.0 Å². The molecule has 0 aliphatic carbocycles. The Morgan fingerprint density at radius 2 is 1.69 bits per heavy atom. The zero-order chi connectivity index (χ0) is 23.4. The first-order valence-corrected chi connectivity index (χ1v) is 11.1. The lowest BCUT2D eigenvalue weighted by Gasteiger charge is -2.35. The summed E-state index contributed by atoms with van der Waals surface area (Å²) in [5.74, 6) is -0.937. The topological polar surface area (TPSA) is 76.1 Å². The summed E-state index contributed by atoms with van der Waals surface area (Å²) in [6.07, 6.45) is 1.49. The fourth-order valence-electron chi connectivity index (χ4n) is 3.18. The molecule has 7 nitrogen and oxygen atoms in total. The second-order valence-electron chi connectivity index (χ2n) is 6.75. The molecule has 2 aromatic rings. The van der Waals surface area contributed by atoms with Crippen LogP contribution in [-0.4, -0.2) is 52.9 Å². The van der Waals surface area contributed by atoms with Gasteiger partial charge in [-0.15, -0.1) is 0 Å². The highest BCUT2D eigenvalue weighted by Gasteiger charge is 2.37. The van der Waals surface area contributed by atoms with Gasteiger partial charge in [0.2, 0.25) is 0 Å². The molecule has 1 aliphatic rings. The van der Waals surface area contributed by atoms with E-state index in [1.807, 2.05) is 0 Å². The quantitative estimate of drug-likeness (QED) is 0.189. The maximum Gasteiger partial charge on any atom is 0.343 e. The van der Waals surface area contributed by atoms with E-state index in [1.54, 1.807) is 56.3 Å². The molecule has 0 bridgehead atoms. The molecule has 32 heavy (non-hydrogen) atoms. The first-order chi connectivity index (χ1) is 15.3. The van der Waals surface area contributed by atoms with E-state index in [1.165, 1.54) is 23.0 Å². The molecule has 9 heteroatoms. The van der Waals surface area contributed by atoms with E-state index in [0.29, 0.717) is 24.2 Å². The van der Waals surface area contributed by atoms with E-state index >= 15 is 0 Å². The van der Waals surface area contributed by atoms with Gasteiger partial charge in [0, 0.05) is 17.6 Å². The predicted octanol–water partition coefficient (Wildman–Crippen LogP) is 4.06. The van der Waals surface area contributed by atoms with Gasteiger partial charge in [-0.3, -0.25) is 19.4 Å². The van der Waals surface area contributed by atoms with Gasteiger partial charge < -0.3 is 9.47 Å². The van der Waals surface area contributed by atoms with Crippen molar-refractivity contribution in [1.29, 1.82) is 0 Å². The van der Waals surface area contributed by atoms with E-state index in [-0.39, 0.29) is 22.2 Å². The molecule has 0 saturated carbocycles. The molecule has 0 aromatic heterocycles. The Bertz CT molecular complexity index is 1100.